The Hall–Kier alpha value is -2.22. The topological polar surface area (TPSA) is 93.4 Å². The first-order chi connectivity index (χ1) is 13.0. The molecule has 2 aliphatic heterocycles. The molecule has 0 saturated carbocycles. The molecule has 1 aromatic heterocycles. The van der Waals surface area contributed by atoms with E-state index in [1.54, 1.807) is 13.1 Å². The molecule has 7 nitrogen and oxygen atoms in total. The average Bonchev–Trinajstić information content (AvgIpc) is 2.98. The number of carbonyl (C=O) groups excluding carboxylic acids is 1. The van der Waals surface area contributed by atoms with Crippen molar-refractivity contribution in [1.29, 1.82) is 0 Å². The number of hydrogen-bond acceptors (Lipinski definition) is 6. The fourth-order valence-electron chi connectivity index (χ4n) is 4.00. The quantitative estimate of drug-likeness (QED) is 0.835. The van der Waals surface area contributed by atoms with Crippen molar-refractivity contribution in [3.8, 4) is 0 Å². The minimum atomic E-state index is -0.702. The fraction of sp³-hybridized carbons (Fsp3) is 0.421. The van der Waals surface area contributed by atoms with E-state index in [0.717, 1.165) is 49.2 Å². The molecule has 3 N–H and O–H groups in total. The van der Waals surface area contributed by atoms with Crippen LogP contribution < -0.4 is 11.1 Å². The fourth-order valence-corrected chi connectivity index (χ4v) is 4.17. The lowest BCUT2D eigenvalue weighted by Crippen LogP contribution is -2.42. The van der Waals surface area contributed by atoms with Gasteiger partial charge >= 0.3 is 0 Å². The second kappa shape index (κ2) is 7.07. The Balaban J connectivity index is 1.49. The average molecular weight is 388 g/mol. The normalized spacial score (nSPS) is 21.2. The number of ether oxygens (including phenoxy) is 1. The van der Waals surface area contributed by atoms with E-state index >= 15 is 0 Å². The molecule has 1 unspecified atom stereocenters. The molecule has 2 aromatic rings. The molecule has 0 bridgehead atoms. The molecular formula is C19H22ClN5O2. The Labute approximate surface area is 162 Å². The van der Waals surface area contributed by atoms with Gasteiger partial charge in [-0.05, 0) is 36.1 Å². The standard InChI is InChI=1S/C19H22ClN5O2/c1-22-18-23-9-12(10-24-18)11-25-6-4-19(5-7-25)15-8-13(20)2-3-14(15)16(27-19)17(21)26/h2-3,8-10,16H,4-7,11H2,1H3,(H2,21,26)(H,22,23,24). The van der Waals surface area contributed by atoms with Crippen LogP contribution in [0.3, 0.4) is 0 Å². The number of rotatable bonds is 4. The highest BCUT2D eigenvalue weighted by Crippen LogP contribution is 2.50. The second-order valence-corrected chi connectivity index (χ2v) is 7.50. The zero-order valence-corrected chi connectivity index (χ0v) is 15.9. The van der Waals surface area contributed by atoms with Gasteiger partial charge in [-0.15, -0.1) is 0 Å². The molecule has 1 fully saturated rings. The summed E-state index contributed by atoms with van der Waals surface area (Å²) in [7, 11) is 1.80. The van der Waals surface area contributed by atoms with Crippen LogP contribution in [0.5, 0.6) is 0 Å². The van der Waals surface area contributed by atoms with Crippen LogP contribution in [0.1, 0.15) is 35.6 Å². The Morgan fingerprint density at radius 1 is 1.37 bits per heavy atom. The van der Waals surface area contributed by atoms with Crippen molar-refractivity contribution < 1.29 is 9.53 Å². The SMILES string of the molecule is CNc1ncc(CN2CCC3(CC2)OC(C(N)=O)c2ccc(Cl)cc23)cn1. The highest BCUT2D eigenvalue weighted by atomic mass is 35.5. The van der Waals surface area contributed by atoms with Crippen molar-refractivity contribution in [2.24, 2.45) is 5.73 Å². The third-order valence-corrected chi connectivity index (χ3v) is 5.62. The van der Waals surface area contributed by atoms with Crippen LogP contribution in [0.25, 0.3) is 0 Å². The summed E-state index contributed by atoms with van der Waals surface area (Å²) >= 11 is 6.21. The van der Waals surface area contributed by atoms with Gasteiger partial charge in [0.2, 0.25) is 5.95 Å². The summed E-state index contributed by atoms with van der Waals surface area (Å²) in [6.07, 6.45) is 4.53. The number of amides is 1. The van der Waals surface area contributed by atoms with Crippen LogP contribution in [0.4, 0.5) is 5.95 Å². The van der Waals surface area contributed by atoms with Crippen LogP contribution in [0.2, 0.25) is 5.02 Å². The van der Waals surface area contributed by atoms with Gasteiger partial charge < -0.3 is 15.8 Å². The van der Waals surface area contributed by atoms with Crippen molar-refractivity contribution in [3.63, 3.8) is 0 Å². The monoisotopic (exact) mass is 387 g/mol. The largest absolute Gasteiger partial charge is 0.367 e. The molecule has 1 amide bonds. The van der Waals surface area contributed by atoms with Crippen molar-refractivity contribution in [1.82, 2.24) is 14.9 Å². The van der Waals surface area contributed by atoms with Crippen molar-refractivity contribution in [2.45, 2.75) is 31.1 Å². The van der Waals surface area contributed by atoms with E-state index in [2.05, 4.69) is 20.2 Å². The lowest BCUT2D eigenvalue weighted by Gasteiger charge is -2.39. The lowest BCUT2D eigenvalue weighted by molar-refractivity contribution is -0.148. The number of primary amides is 1. The number of piperidine rings is 1. The summed E-state index contributed by atoms with van der Waals surface area (Å²) in [4.78, 5) is 22.7. The molecule has 27 heavy (non-hydrogen) atoms. The van der Waals surface area contributed by atoms with Crippen molar-refractivity contribution in [3.05, 3.63) is 52.3 Å². The summed E-state index contributed by atoms with van der Waals surface area (Å²) in [6, 6.07) is 5.55. The molecule has 4 rings (SSSR count). The maximum absolute atomic E-state index is 11.9. The van der Waals surface area contributed by atoms with Gasteiger partial charge in [0.25, 0.3) is 5.91 Å². The Morgan fingerprint density at radius 3 is 2.70 bits per heavy atom. The van der Waals surface area contributed by atoms with E-state index in [1.807, 2.05) is 24.5 Å². The third-order valence-electron chi connectivity index (χ3n) is 5.39. The number of anilines is 1. The first kappa shape index (κ1) is 18.2. The first-order valence-electron chi connectivity index (χ1n) is 8.99. The predicted octanol–water partition coefficient (Wildman–Crippen LogP) is 2.22. The van der Waals surface area contributed by atoms with Crippen molar-refractivity contribution in [2.75, 3.05) is 25.5 Å². The van der Waals surface area contributed by atoms with Crippen LogP contribution in [0.15, 0.2) is 30.6 Å². The summed E-state index contributed by atoms with van der Waals surface area (Å²) in [5.74, 6) is 0.154. The Kier molecular flexibility index (Phi) is 4.75. The van der Waals surface area contributed by atoms with Gasteiger partial charge in [-0.25, -0.2) is 9.97 Å². The molecule has 3 heterocycles. The van der Waals surface area contributed by atoms with Gasteiger partial charge in [-0.2, -0.15) is 0 Å². The van der Waals surface area contributed by atoms with E-state index in [-0.39, 0.29) is 0 Å². The number of halogens is 1. The number of carbonyl (C=O) groups is 1. The van der Waals surface area contributed by atoms with Gasteiger partial charge in [0, 0.05) is 49.7 Å². The predicted molar refractivity (Wildman–Crippen MR) is 102 cm³/mol. The maximum Gasteiger partial charge on any atom is 0.251 e. The van der Waals surface area contributed by atoms with Crippen LogP contribution in [-0.2, 0) is 21.7 Å². The molecule has 1 spiro atoms. The zero-order valence-electron chi connectivity index (χ0n) is 15.1. The highest BCUT2D eigenvalue weighted by molar-refractivity contribution is 6.30. The number of aromatic nitrogens is 2. The summed E-state index contributed by atoms with van der Waals surface area (Å²) in [6.45, 7) is 2.46. The van der Waals surface area contributed by atoms with Crippen LogP contribution in [0, 0.1) is 0 Å². The third kappa shape index (κ3) is 3.38. The maximum atomic E-state index is 11.9. The summed E-state index contributed by atoms with van der Waals surface area (Å²) in [5, 5.41) is 3.56. The molecule has 142 valence electrons. The number of nitrogens with one attached hydrogen (secondary N) is 1. The molecule has 1 atom stereocenters. The molecule has 1 aromatic carbocycles. The molecule has 0 aliphatic carbocycles. The van der Waals surface area contributed by atoms with E-state index in [0.29, 0.717) is 11.0 Å². The minimum Gasteiger partial charge on any atom is -0.367 e. The molecule has 2 aliphatic rings. The van der Waals surface area contributed by atoms with Gasteiger partial charge in [0.05, 0.1) is 5.60 Å². The van der Waals surface area contributed by atoms with Crippen LogP contribution in [-0.4, -0.2) is 40.9 Å². The Bertz CT molecular complexity index is 850. The lowest BCUT2D eigenvalue weighted by atomic mass is 9.83. The van der Waals surface area contributed by atoms with Gasteiger partial charge in [-0.1, -0.05) is 17.7 Å². The number of likely N-dealkylation sites (tertiary alicyclic amines) is 1. The molecule has 0 radical (unpaired) electrons. The molecule has 8 heteroatoms. The van der Waals surface area contributed by atoms with Gasteiger partial charge in [0.15, 0.2) is 6.10 Å². The highest BCUT2D eigenvalue weighted by Gasteiger charge is 2.48. The number of benzene rings is 1. The smallest absolute Gasteiger partial charge is 0.251 e. The number of nitrogens with two attached hydrogens (primary N) is 1. The number of hydrogen-bond donors (Lipinski definition) is 2. The van der Waals surface area contributed by atoms with Crippen LogP contribution >= 0.6 is 11.6 Å². The van der Waals surface area contributed by atoms with Gasteiger partial charge in [0.1, 0.15) is 0 Å². The van der Waals surface area contributed by atoms with E-state index in [4.69, 9.17) is 22.1 Å². The first-order valence-corrected chi connectivity index (χ1v) is 9.37. The second-order valence-electron chi connectivity index (χ2n) is 7.07. The summed E-state index contributed by atoms with van der Waals surface area (Å²) in [5.41, 5.74) is 7.98. The van der Waals surface area contributed by atoms with E-state index in [9.17, 15) is 4.79 Å². The Morgan fingerprint density at radius 2 is 2.07 bits per heavy atom. The summed E-state index contributed by atoms with van der Waals surface area (Å²) < 4.78 is 6.21. The zero-order chi connectivity index (χ0) is 19.0. The molecule has 1 saturated heterocycles. The minimum absolute atomic E-state index is 0.459. The van der Waals surface area contributed by atoms with Crippen molar-refractivity contribution >= 4 is 23.5 Å². The van der Waals surface area contributed by atoms with E-state index in [1.165, 1.54) is 0 Å². The van der Waals surface area contributed by atoms with E-state index < -0.39 is 17.6 Å². The number of fused-ring (bicyclic) bond motifs is 2. The number of nitrogens with zero attached hydrogens (tertiary/aromatic N) is 3. The molecular weight excluding hydrogens is 366 g/mol. The van der Waals surface area contributed by atoms with Gasteiger partial charge in [-0.3, -0.25) is 9.69 Å².